The lowest BCUT2D eigenvalue weighted by Gasteiger charge is -2.30. The Hall–Kier alpha value is -1.63. The molecule has 2 heterocycles. The number of carbonyl (C=O) groups is 1. The fourth-order valence-electron chi connectivity index (χ4n) is 3.31. The largest absolute Gasteiger partial charge is 0.391 e. The lowest BCUT2D eigenvalue weighted by molar-refractivity contribution is 0.0340. The molecule has 2 aliphatic heterocycles. The number of nitrogens with zero attached hydrogens (tertiary/aromatic N) is 2. The van der Waals surface area contributed by atoms with Gasteiger partial charge in [0, 0.05) is 39.3 Å². The highest BCUT2D eigenvalue weighted by Crippen LogP contribution is 2.14. The number of aliphatic hydroxyl groups is 1. The predicted molar refractivity (Wildman–Crippen MR) is 91.6 cm³/mol. The highest BCUT2D eigenvalue weighted by Gasteiger charge is 2.22. The summed E-state index contributed by atoms with van der Waals surface area (Å²) in [5, 5.41) is 12.7. The molecule has 2 aliphatic rings. The molecule has 1 atom stereocenters. The Morgan fingerprint density at radius 1 is 1.21 bits per heavy atom. The van der Waals surface area contributed by atoms with Crippen molar-refractivity contribution in [3.63, 3.8) is 0 Å². The number of piperidine rings is 1. The summed E-state index contributed by atoms with van der Waals surface area (Å²) in [6.45, 7) is 6.04. The van der Waals surface area contributed by atoms with Crippen LogP contribution < -0.4 is 5.32 Å². The fraction of sp³-hybridized carbons (Fsp3) is 0.611. The van der Waals surface area contributed by atoms with Crippen molar-refractivity contribution in [1.82, 2.24) is 15.1 Å². The molecule has 0 aromatic heterocycles. The summed E-state index contributed by atoms with van der Waals surface area (Å²) < 4.78 is 5.40. The van der Waals surface area contributed by atoms with Crippen molar-refractivity contribution in [2.24, 2.45) is 0 Å². The molecule has 6 heteroatoms. The quantitative estimate of drug-likeness (QED) is 0.869. The maximum atomic E-state index is 12.3. The summed E-state index contributed by atoms with van der Waals surface area (Å²) in [6, 6.07) is 8.16. The maximum absolute atomic E-state index is 12.3. The van der Waals surface area contributed by atoms with Gasteiger partial charge in [-0.15, -0.1) is 0 Å². The number of hydrogen-bond donors (Lipinski definition) is 2. The molecule has 6 nitrogen and oxygen atoms in total. The lowest BCUT2D eigenvalue weighted by atomic mass is 10.1. The van der Waals surface area contributed by atoms with Crippen LogP contribution in [0.25, 0.3) is 0 Å². The fourth-order valence-corrected chi connectivity index (χ4v) is 3.31. The summed E-state index contributed by atoms with van der Waals surface area (Å²) in [5.41, 5.74) is 2.40. The van der Waals surface area contributed by atoms with E-state index in [2.05, 4.69) is 22.3 Å². The first-order valence-electron chi connectivity index (χ1n) is 8.80. The van der Waals surface area contributed by atoms with Gasteiger partial charge in [-0.2, -0.15) is 0 Å². The topological polar surface area (TPSA) is 65.0 Å². The lowest BCUT2D eigenvalue weighted by Crippen LogP contribution is -2.46. The van der Waals surface area contributed by atoms with Gasteiger partial charge in [-0.05, 0) is 24.0 Å². The van der Waals surface area contributed by atoms with E-state index in [-0.39, 0.29) is 6.03 Å². The monoisotopic (exact) mass is 333 g/mol. The van der Waals surface area contributed by atoms with Gasteiger partial charge < -0.3 is 20.1 Å². The molecule has 0 aliphatic carbocycles. The molecule has 3 rings (SSSR count). The Morgan fingerprint density at radius 3 is 2.71 bits per heavy atom. The zero-order chi connectivity index (χ0) is 16.8. The third kappa shape index (κ3) is 4.69. The van der Waals surface area contributed by atoms with Gasteiger partial charge in [0.2, 0.25) is 0 Å². The van der Waals surface area contributed by atoms with Crippen LogP contribution in [0, 0.1) is 0 Å². The van der Waals surface area contributed by atoms with E-state index in [0.29, 0.717) is 13.1 Å². The standard InChI is InChI=1S/C18H27N3O3/c22-17-6-3-7-21(14-17)18(23)19-12-15-4-1-2-5-16(15)13-20-8-10-24-11-9-20/h1-2,4-5,17,22H,3,6-14H2,(H,19,23)/t17-/m1/s1. The molecule has 24 heavy (non-hydrogen) atoms. The predicted octanol–water partition coefficient (Wildman–Crippen LogP) is 1.19. The van der Waals surface area contributed by atoms with Crippen LogP contribution >= 0.6 is 0 Å². The maximum Gasteiger partial charge on any atom is 0.317 e. The number of hydrogen-bond acceptors (Lipinski definition) is 4. The minimum Gasteiger partial charge on any atom is -0.391 e. The highest BCUT2D eigenvalue weighted by molar-refractivity contribution is 5.74. The first-order chi connectivity index (χ1) is 11.7. The molecule has 0 unspecified atom stereocenters. The van der Waals surface area contributed by atoms with Gasteiger partial charge in [0.15, 0.2) is 0 Å². The SMILES string of the molecule is O=C(NCc1ccccc1CN1CCOCC1)N1CCC[C@@H](O)C1. The van der Waals surface area contributed by atoms with E-state index in [9.17, 15) is 9.90 Å². The Bertz CT molecular complexity index is 546. The molecule has 2 saturated heterocycles. The van der Waals surface area contributed by atoms with Gasteiger partial charge in [0.25, 0.3) is 0 Å². The Labute approximate surface area is 143 Å². The smallest absolute Gasteiger partial charge is 0.317 e. The van der Waals surface area contributed by atoms with Crippen LogP contribution in [-0.2, 0) is 17.8 Å². The van der Waals surface area contributed by atoms with E-state index in [1.54, 1.807) is 4.90 Å². The zero-order valence-corrected chi connectivity index (χ0v) is 14.1. The summed E-state index contributed by atoms with van der Waals surface area (Å²) in [4.78, 5) is 16.4. The van der Waals surface area contributed by atoms with E-state index < -0.39 is 6.10 Å². The summed E-state index contributed by atoms with van der Waals surface area (Å²) in [5.74, 6) is 0. The number of morpholine rings is 1. The van der Waals surface area contributed by atoms with E-state index in [4.69, 9.17) is 4.74 Å². The van der Waals surface area contributed by atoms with Gasteiger partial charge in [-0.25, -0.2) is 4.79 Å². The minimum absolute atomic E-state index is 0.0880. The number of β-amino-alcohol motifs (C(OH)–C–C–N with tert-alkyl or cyclic N) is 1. The number of carbonyl (C=O) groups excluding carboxylic acids is 1. The molecule has 0 bridgehead atoms. The summed E-state index contributed by atoms with van der Waals surface area (Å²) >= 11 is 0. The molecule has 2 N–H and O–H groups in total. The van der Waals surface area contributed by atoms with Crippen LogP contribution in [0.3, 0.4) is 0 Å². The van der Waals surface area contributed by atoms with Gasteiger partial charge in [0.1, 0.15) is 0 Å². The van der Waals surface area contributed by atoms with Crippen LogP contribution in [0.1, 0.15) is 24.0 Å². The zero-order valence-electron chi connectivity index (χ0n) is 14.1. The molecule has 0 saturated carbocycles. The second-order valence-corrected chi connectivity index (χ2v) is 6.56. The van der Waals surface area contributed by atoms with E-state index in [1.165, 1.54) is 5.56 Å². The number of aliphatic hydroxyl groups excluding tert-OH is 1. The number of ether oxygens (including phenoxy) is 1. The average Bonchev–Trinajstić information content (AvgIpc) is 2.61. The highest BCUT2D eigenvalue weighted by atomic mass is 16.5. The van der Waals surface area contributed by atoms with E-state index >= 15 is 0 Å². The van der Waals surface area contributed by atoms with Crippen molar-refractivity contribution in [1.29, 1.82) is 0 Å². The number of likely N-dealkylation sites (tertiary alicyclic amines) is 1. The second kappa shape index (κ2) is 8.46. The molecular weight excluding hydrogens is 306 g/mol. The van der Waals surface area contributed by atoms with Crippen molar-refractivity contribution < 1.29 is 14.6 Å². The minimum atomic E-state index is -0.391. The van der Waals surface area contributed by atoms with Crippen molar-refractivity contribution in [2.45, 2.75) is 32.0 Å². The van der Waals surface area contributed by atoms with Crippen molar-refractivity contribution in [2.75, 3.05) is 39.4 Å². The number of nitrogens with one attached hydrogen (secondary N) is 1. The third-order valence-corrected chi connectivity index (χ3v) is 4.73. The van der Waals surface area contributed by atoms with Crippen molar-refractivity contribution >= 4 is 6.03 Å². The second-order valence-electron chi connectivity index (χ2n) is 6.56. The third-order valence-electron chi connectivity index (χ3n) is 4.73. The number of benzene rings is 1. The van der Waals surface area contributed by atoms with E-state index in [1.807, 2.05) is 12.1 Å². The van der Waals surface area contributed by atoms with Crippen LogP contribution in [0.5, 0.6) is 0 Å². The Balaban J connectivity index is 1.55. The molecule has 2 amide bonds. The van der Waals surface area contributed by atoms with Gasteiger partial charge in [-0.3, -0.25) is 4.90 Å². The van der Waals surface area contributed by atoms with Gasteiger partial charge >= 0.3 is 6.03 Å². The molecule has 0 radical (unpaired) electrons. The molecule has 132 valence electrons. The number of amides is 2. The molecule has 1 aromatic rings. The molecule has 0 spiro atoms. The average molecular weight is 333 g/mol. The van der Waals surface area contributed by atoms with Crippen LogP contribution in [-0.4, -0.2) is 66.4 Å². The van der Waals surface area contributed by atoms with Crippen LogP contribution in [0.4, 0.5) is 4.79 Å². The number of urea groups is 1. The Morgan fingerprint density at radius 2 is 1.96 bits per heavy atom. The number of rotatable bonds is 4. The molecule has 1 aromatic carbocycles. The van der Waals surface area contributed by atoms with Crippen LogP contribution in [0.2, 0.25) is 0 Å². The summed E-state index contributed by atoms with van der Waals surface area (Å²) in [6.07, 6.45) is 1.26. The summed E-state index contributed by atoms with van der Waals surface area (Å²) in [7, 11) is 0. The van der Waals surface area contributed by atoms with Crippen molar-refractivity contribution in [3.05, 3.63) is 35.4 Å². The van der Waals surface area contributed by atoms with Gasteiger partial charge in [0.05, 0.1) is 19.3 Å². The first kappa shape index (κ1) is 17.2. The normalized spacial score (nSPS) is 22.4. The molecule has 2 fully saturated rings. The molecular formula is C18H27N3O3. The van der Waals surface area contributed by atoms with Gasteiger partial charge in [-0.1, -0.05) is 24.3 Å². The van der Waals surface area contributed by atoms with Crippen LogP contribution in [0.15, 0.2) is 24.3 Å². The van der Waals surface area contributed by atoms with Crippen molar-refractivity contribution in [3.8, 4) is 0 Å². The van der Waals surface area contributed by atoms with E-state index in [0.717, 1.165) is 57.8 Å². The Kier molecular flexibility index (Phi) is 6.07. The first-order valence-corrected chi connectivity index (χ1v) is 8.80.